The minimum Gasteiger partial charge on any atom is -0.369 e. The van der Waals surface area contributed by atoms with Crippen LogP contribution in [0.5, 0.6) is 0 Å². The van der Waals surface area contributed by atoms with Crippen LogP contribution in [-0.2, 0) is 0 Å². The van der Waals surface area contributed by atoms with Crippen molar-refractivity contribution in [3.05, 3.63) is 65.5 Å². The van der Waals surface area contributed by atoms with Crippen LogP contribution in [0.25, 0.3) is 0 Å². The minimum atomic E-state index is -0.137. The number of hydrogen-bond acceptors (Lipinski definition) is 5. The Labute approximate surface area is 219 Å². The fourth-order valence-electron chi connectivity index (χ4n) is 1.42. The van der Waals surface area contributed by atoms with E-state index in [1.165, 1.54) is 24.4 Å². The van der Waals surface area contributed by atoms with Gasteiger partial charge < -0.3 is 28.8 Å². The lowest BCUT2D eigenvalue weighted by molar-refractivity contribution is 0.112. The molecular formula is C16H17Cl7N8O. The van der Waals surface area contributed by atoms with Gasteiger partial charge in [0.1, 0.15) is 0 Å². The zero-order valence-corrected chi connectivity index (χ0v) is 21.1. The van der Waals surface area contributed by atoms with Gasteiger partial charge in [-0.2, -0.15) is 5.10 Å². The van der Waals surface area contributed by atoms with Crippen LogP contribution in [0.2, 0.25) is 30.1 Å². The molecule has 0 aliphatic carbocycles. The summed E-state index contributed by atoms with van der Waals surface area (Å²) in [5, 5.41) is 12.0. The molecule has 0 atom stereocenters. The SMILES string of the molecule is Cl.NC(N)=N/N=C/c1cc(Cl)c(Cl)cc1Cl.NN=C(N)N.O=Cc1cc(Cl)c(Cl)cc1Cl. The van der Waals surface area contributed by atoms with Crippen molar-refractivity contribution >= 4 is 106 Å². The van der Waals surface area contributed by atoms with Crippen LogP contribution in [-0.4, -0.2) is 24.4 Å². The topological polar surface area (TPSA) is 184 Å². The summed E-state index contributed by atoms with van der Waals surface area (Å²) >= 11 is 34.3. The molecule has 0 heterocycles. The fourth-order valence-corrected chi connectivity index (χ4v) is 2.63. The van der Waals surface area contributed by atoms with Gasteiger partial charge in [-0.25, -0.2) is 0 Å². The number of nitrogens with zero attached hydrogens (tertiary/aromatic N) is 3. The quantitative estimate of drug-likeness (QED) is 0.0894. The van der Waals surface area contributed by atoms with Crippen molar-refractivity contribution in [1.82, 2.24) is 0 Å². The zero-order valence-electron chi connectivity index (χ0n) is 15.8. The highest BCUT2D eigenvalue weighted by molar-refractivity contribution is 6.44. The average molecular weight is 586 g/mol. The molecule has 0 radical (unpaired) electrons. The number of hydrazone groups is 1. The Balaban J connectivity index is 0. The van der Waals surface area contributed by atoms with Gasteiger partial charge in [0.05, 0.1) is 36.4 Å². The highest BCUT2D eigenvalue weighted by atomic mass is 35.5. The van der Waals surface area contributed by atoms with Crippen molar-refractivity contribution in [2.75, 3.05) is 0 Å². The van der Waals surface area contributed by atoms with Gasteiger partial charge in [-0.3, -0.25) is 4.79 Å². The van der Waals surface area contributed by atoms with Crippen LogP contribution in [0.4, 0.5) is 0 Å². The molecule has 10 N–H and O–H groups in total. The minimum absolute atomic E-state index is 0. The van der Waals surface area contributed by atoms with E-state index in [9.17, 15) is 4.79 Å². The van der Waals surface area contributed by atoms with Crippen molar-refractivity contribution in [2.24, 2.45) is 44.1 Å². The number of hydrogen-bond donors (Lipinski definition) is 5. The second-order valence-corrected chi connectivity index (χ2v) is 7.46. The Hall–Kier alpha value is -1.85. The molecule has 2 rings (SSSR count). The molecule has 0 amide bonds. The molecule has 0 aromatic heterocycles. The summed E-state index contributed by atoms with van der Waals surface area (Å²) in [6.07, 6.45) is 2.01. The Kier molecular flexibility index (Phi) is 16.9. The second-order valence-electron chi connectivity index (χ2n) is 5.02. The number of aldehydes is 1. The van der Waals surface area contributed by atoms with Crippen molar-refractivity contribution in [3.8, 4) is 0 Å². The third-order valence-electron chi connectivity index (χ3n) is 2.73. The smallest absolute Gasteiger partial charge is 0.211 e. The molecule has 9 nitrogen and oxygen atoms in total. The number of carbonyl (C=O) groups is 1. The number of carbonyl (C=O) groups excluding carboxylic acids is 1. The lowest BCUT2D eigenvalue weighted by atomic mass is 10.2. The van der Waals surface area contributed by atoms with E-state index in [0.29, 0.717) is 47.5 Å². The van der Waals surface area contributed by atoms with Gasteiger partial charge >= 0.3 is 0 Å². The maximum atomic E-state index is 10.3. The molecule has 0 aliphatic heterocycles. The standard InChI is InChI=1S/C8H7Cl3N4.C7H3Cl3O.CH6N4.ClH/c9-5-2-7(11)6(10)1-4(5)3-14-15-8(12)13;8-5-2-7(10)6(9)1-4(5)3-11;2-1(3)5-4;/h1-3H,(H4,12,13,15);1-3H;4H2,(H4,2,3,5);1H/b14-3+;;;. The molecule has 0 aliphatic rings. The van der Waals surface area contributed by atoms with Gasteiger partial charge in [0.25, 0.3) is 0 Å². The Morgan fingerprint density at radius 2 is 1.06 bits per heavy atom. The van der Waals surface area contributed by atoms with Crippen LogP contribution < -0.4 is 28.8 Å². The van der Waals surface area contributed by atoms with Gasteiger partial charge in [-0.15, -0.1) is 22.6 Å². The molecule has 16 heteroatoms. The molecular weight excluding hydrogens is 568 g/mol. The molecule has 0 bridgehead atoms. The van der Waals surface area contributed by atoms with E-state index in [0.717, 1.165) is 0 Å². The van der Waals surface area contributed by atoms with E-state index in [-0.39, 0.29) is 24.3 Å². The summed E-state index contributed by atoms with van der Waals surface area (Å²) < 4.78 is 0. The predicted octanol–water partition coefficient (Wildman–Crippen LogP) is 4.27. The Morgan fingerprint density at radius 1 is 0.688 bits per heavy atom. The summed E-state index contributed by atoms with van der Waals surface area (Å²) in [6.45, 7) is 0. The van der Waals surface area contributed by atoms with Crippen LogP contribution in [0.3, 0.4) is 0 Å². The molecule has 0 fully saturated rings. The Morgan fingerprint density at radius 3 is 1.44 bits per heavy atom. The first-order valence-electron chi connectivity index (χ1n) is 7.57. The van der Waals surface area contributed by atoms with Gasteiger partial charge in [0.2, 0.25) is 11.9 Å². The molecule has 176 valence electrons. The average Bonchev–Trinajstić information content (AvgIpc) is 2.69. The van der Waals surface area contributed by atoms with Crippen LogP contribution in [0.15, 0.2) is 39.6 Å². The molecule has 0 saturated heterocycles. The fraction of sp³-hybridized carbons (Fsp3) is 0. The number of guanidine groups is 2. The number of rotatable bonds is 3. The third-order valence-corrected chi connectivity index (χ3v) is 4.82. The highest BCUT2D eigenvalue weighted by Gasteiger charge is 2.04. The van der Waals surface area contributed by atoms with Gasteiger partial charge in [-0.1, -0.05) is 69.6 Å². The maximum absolute atomic E-state index is 10.3. The predicted molar refractivity (Wildman–Crippen MR) is 139 cm³/mol. The van der Waals surface area contributed by atoms with Crippen molar-refractivity contribution in [2.45, 2.75) is 0 Å². The second kappa shape index (κ2) is 16.7. The molecule has 2 aromatic carbocycles. The zero-order chi connectivity index (χ0) is 24.1. The van der Waals surface area contributed by atoms with Crippen LogP contribution >= 0.6 is 82.0 Å². The van der Waals surface area contributed by atoms with Gasteiger partial charge in [0.15, 0.2) is 6.29 Å². The molecule has 0 spiro atoms. The summed E-state index contributed by atoms with van der Waals surface area (Å²) in [5.41, 5.74) is 20.5. The first-order valence-corrected chi connectivity index (χ1v) is 9.84. The van der Waals surface area contributed by atoms with E-state index < -0.39 is 0 Å². The highest BCUT2D eigenvalue weighted by Crippen LogP contribution is 2.28. The number of nitrogens with two attached hydrogens (primary N) is 5. The maximum Gasteiger partial charge on any atom is 0.211 e. The normalized spacial score (nSPS) is 9.31. The lowest BCUT2D eigenvalue weighted by Gasteiger charge is -2.00. The molecule has 32 heavy (non-hydrogen) atoms. The lowest BCUT2D eigenvalue weighted by Crippen LogP contribution is -2.23. The van der Waals surface area contributed by atoms with Crippen molar-refractivity contribution in [1.29, 1.82) is 0 Å². The number of halogens is 7. The first-order chi connectivity index (χ1) is 14.4. The first kappa shape index (κ1) is 32.3. The molecule has 0 saturated carbocycles. The van der Waals surface area contributed by atoms with Gasteiger partial charge in [0, 0.05) is 11.1 Å². The molecule has 0 unspecified atom stereocenters. The summed E-state index contributed by atoms with van der Waals surface area (Å²) in [5.74, 6) is 4.28. The van der Waals surface area contributed by atoms with Gasteiger partial charge in [-0.05, 0) is 24.3 Å². The summed E-state index contributed by atoms with van der Waals surface area (Å²) in [6, 6.07) is 5.95. The van der Waals surface area contributed by atoms with E-state index in [1.807, 2.05) is 0 Å². The summed E-state index contributed by atoms with van der Waals surface area (Å²) in [4.78, 5) is 10.3. The van der Waals surface area contributed by atoms with E-state index in [4.69, 9.17) is 92.5 Å². The third kappa shape index (κ3) is 12.9. The number of benzene rings is 2. The largest absolute Gasteiger partial charge is 0.369 e. The molecule has 2 aromatic rings. The van der Waals surface area contributed by atoms with Crippen molar-refractivity contribution in [3.63, 3.8) is 0 Å². The van der Waals surface area contributed by atoms with E-state index in [1.54, 1.807) is 6.07 Å². The Bertz CT molecular complexity index is 991. The summed E-state index contributed by atoms with van der Waals surface area (Å²) in [7, 11) is 0. The van der Waals surface area contributed by atoms with Crippen molar-refractivity contribution < 1.29 is 4.79 Å². The van der Waals surface area contributed by atoms with E-state index >= 15 is 0 Å². The monoisotopic (exact) mass is 582 g/mol. The van der Waals surface area contributed by atoms with Crippen LogP contribution in [0, 0.1) is 0 Å². The van der Waals surface area contributed by atoms with E-state index in [2.05, 4.69) is 21.1 Å². The van der Waals surface area contributed by atoms with Crippen LogP contribution in [0.1, 0.15) is 15.9 Å².